The number of rotatable bonds is 4. The molecule has 0 fully saturated rings. The molecule has 0 bridgehead atoms. The van der Waals surface area contributed by atoms with Crippen LogP contribution in [0, 0.1) is 6.92 Å². The highest BCUT2D eigenvalue weighted by molar-refractivity contribution is 5.89. The first-order chi connectivity index (χ1) is 13.7. The van der Waals surface area contributed by atoms with Gasteiger partial charge in [0, 0.05) is 23.6 Å². The van der Waals surface area contributed by atoms with Crippen LogP contribution in [0.3, 0.4) is 0 Å². The van der Waals surface area contributed by atoms with Crippen molar-refractivity contribution in [1.29, 1.82) is 0 Å². The van der Waals surface area contributed by atoms with Crippen molar-refractivity contribution in [2.75, 3.05) is 12.4 Å². The zero-order valence-electron chi connectivity index (χ0n) is 17.6. The maximum absolute atomic E-state index is 12.9. The monoisotopic (exact) mass is 392 g/mol. The van der Waals surface area contributed by atoms with Crippen molar-refractivity contribution in [1.82, 2.24) is 14.7 Å². The number of nitrogens with one attached hydrogen (secondary N) is 1. The van der Waals surface area contributed by atoms with Gasteiger partial charge in [0.05, 0.1) is 17.9 Å². The minimum atomic E-state index is -0.270. The lowest BCUT2D eigenvalue weighted by atomic mass is 9.90. The third-order valence-corrected chi connectivity index (χ3v) is 4.80. The molecule has 0 radical (unpaired) electrons. The molecule has 0 spiro atoms. The molecule has 0 aliphatic carbocycles. The van der Waals surface area contributed by atoms with E-state index in [2.05, 4.69) is 26.1 Å². The maximum Gasteiger partial charge on any atom is 0.323 e. The highest BCUT2D eigenvalue weighted by Gasteiger charge is 2.26. The lowest BCUT2D eigenvalue weighted by Crippen LogP contribution is -2.31. The summed E-state index contributed by atoms with van der Waals surface area (Å²) in [4.78, 5) is 14.5. The standard InChI is InChI=1S/C23H28N4O2/c1-16-20(23(2,3)4)25-27(18-12-7-6-8-13-18)21(16)24-22(29)26(5)15-17-11-9-10-14-19(17)28/h6-14,28H,15H2,1-5H3,(H,24,29). The Morgan fingerprint density at radius 1 is 1.10 bits per heavy atom. The van der Waals surface area contributed by atoms with Gasteiger partial charge in [0.25, 0.3) is 0 Å². The van der Waals surface area contributed by atoms with Crippen molar-refractivity contribution in [3.05, 3.63) is 71.4 Å². The summed E-state index contributed by atoms with van der Waals surface area (Å²) in [5.41, 5.74) is 3.27. The summed E-state index contributed by atoms with van der Waals surface area (Å²) >= 11 is 0. The first-order valence-electron chi connectivity index (χ1n) is 9.63. The lowest BCUT2D eigenvalue weighted by Gasteiger charge is -2.20. The van der Waals surface area contributed by atoms with Crippen LogP contribution in [0.1, 0.15) is 37.6 Å². The van der Waals surface area contributed by atoms with Crippen LogP contribution in [0.25, 0.3) is 5.69 Å². The highest BCUT2D eigenvalue weighted by atomic mass is 16.3. The van der Waals surface area contributed by atoms with Crippen LogP contribution in [0.15, 0.2) is 54.6 Å². The number of anilines is 1. The number of carbonyl (C=O) groups is 1. The molecule has 2 aromatic carbocycles. The van der Waals surface area contributed by atoms with E-state index in [0.29, 0.717) is 17.9 Å². The maximum atomic E-state index is 12.9. The molecule has 0 atom stereocenters. The van der Waals surface area contributed by atoms with Gasteiger partial charge < -0.3 is 10.0 Å². The van der Waals surface area contributed by atoms with Crippen molar-refractivity contribution in [2.45, 2.75) is 39.7 Å². The zero-order valence-corrected chi connectivity index (χ0v) is 17.6. The fourth-order valence-corrected chi connectivity index (χ4v) is 3.28. The molecule has 0 aliphatic heterocycles. The van der Waals surface area contributed by atoms with Gasteiger partial charge in [-0.25, -0.2) is 9.48 Å². The third kappa shape index (κ3) is 4.42. The number of amides is 2. The molecule has 1 aromatic heterocycles. The van der Waals surface area contributed by atoms with E-state index in [9.17, 15) is 9.90 Å². The van der Waals surface area contributed by atoms with Crippen LogP contribution >= 0.6 is 0 Å². The second kappa shape index (κ2) is 7.99. The van der Waals surface area contributed by atoms with Gasteiger partial charge >= 0.3 is 6.03 Å². The molecule has 2 N–H and O–H groups in total. The summed E-state index contributed by atoms with van der Waals surface area (Å²) in [5, 5.41) is 17.8. The fraction of sp³-hybridized carbons (Fsp3) is 0.304. The Balaban J connectivity index is 1.92. The van der Waals surface area contributed by atoms with Crippen LogP contribution in [-0.2, 0) is 12.0 Å². The topological polar surface area (TPSA) is 70.4 Å². The van der Waals surface area contributed by atoms with E-state index >= 15 is 0 Å². The van der Waals surface area contributed by atoms with Crippen LogP contribution < -0.4 is 5.32 Å². The number of aromatic hydroxyl groups is 1. The Hall–Kier alpha value is -3.28. The molecule has 0 saturated heterocycles. The van der Waals surface area contributed by atoms with Crippen LogP contribution in [0.4, 0.5) is 10.6 Å². The molecule has 6 heteroatoms. The van der Waals surface area contributed by atoms with E-state index in [1.54, 1.807) is 29.9 Å². The van der Waals surface area contributed by atoms with Crippen LogP contribution in [0.5, 0.6) is 5.75 Å². The number of carbonyl (C=O) groups excluding carboxylic acids is 1. The van der Waals surface area contributed by atoms with Gasteiger partial charge in [-0.1, -0.05) is 57.2 Å². The second-order valence-electron chi connectivity index (χ2n) is 8.23. The quantitative estimate of drug-likeness (QED) is 0.667. The number of urea groups is 1. The van der Waals surface area contributed by atoms with E-state index < -0.39 is 0 Å². The van der Waals surface area contributed by atoms with Crippen molar-refractivity contribution in [3.63, 3.8) is 0 Å². The van der Waals surface area contributed by atoms with Crippen molar-refractivity contribution < 1.29 is 9.90 Å². The number of nitrogens with zero attached hydrogens (tertiary/aromatic N) is 3. The Labute approximate surface area is 171 Å². The molecule has 0 saturated carbocycles. The first kappa shape index (κ1) is 20.5. The van der Waals surface area contributed by atoms with E-state index in [4.69, 9.17) is 5.10 Å². The van der Waals surface area contributed by atoms with Crippen LogP contribution in [-0.4, -0.2) is 32.9 Å². The molecular weight excluding hydrogens is 364 g/mol. The summed E-state index contributed by atoms with van der Waals surface area (Å²) in [6.07, 6.45) is 0. The first-order valence-corrected chi connectivity index (χ1v) is 9.63. The number of phenols is 1. The number of aromatic nitrogens is 2. The van der Waals surface area contributed by atoms with Crippen molar-refractivity contribution in [3.8, 4) is 11.4 Å². The SMILES string of the molecule is Cc1c(C(C)(C)C)nn(-c2ccccc2)c1NC(=O)N(C)Cc1ccccc1O. The van der Waals surface area contributed by atoms with Gasteiger partial charge in [0.15, 0.2) is 0 Å². The van der Waals surface area contributed by atoms with E-state index in [1.165, 1.54) is 4.90 Å². The zero-order chi connectivity index (χ0) is 21.2. The number of benzene rings is 2. The molecule has 0 aliphatic rings. The smallest absolute Gasteiger partial charge is 0.323 e. The molecule has 3 rings (SSSR count). The average molecular weight is 393 g/mol. The Morgan fingerprint density at radius 2 is 1.72 bits per heavy atom. The number of hydrogen-bond acceptors (Lipinski definition) is 3. The fourth-order valence-electron chi connectivity index (χ4n) is 3.28. The van der Waals surface area contributed by atoms with Gasteiger partial charge in [0.1, 0.15) is 11.6 Å². The summed E-state index contributed by atoms with van der Waals surface area (Å²) in [6.45, 7) is 8.59. The molecule has 2 amide bonds. The molecule has 6 nitrogen and oxygen atoms in total. The largest absolute Gasteiger partial charge is 0.508 e. The molecule has 3 aromatic rings. The lowest BCUT2D eigenvalue weighted by molar-refractivity contribution is 0.220. The van der Waals surface area contributed by atoms with Gasteiger partial charge in [-0.15, -0.1) is 0 Å². The van der Waals surface area contributed by atoms with Gasteiger partial charge in [-0.05, 0) is 25.1 Å². The minimum absolute atomic E-state index is 0.161. The van der Waals surface area contributed by atoms with Gasteiger partial charge in [0.2, 0.25) is 0 Å². The molecule has 29 heavy (non-hydrogen) atoms. The van der Waals surface area contributed by atoms with Gasteiger partial charge in [-0.2, -0.15) is 5.10 Å². The molecule has 1 heterocycles. The minimum Gasteiger partial charge on any atom is -0.508 e. The predicted octanol–water partition coefficient (Wildman–Crippen LogP) is 4.85. The predicted molar refractivity (Wildman–Crippen MR) is 116 cm³/mol. The van der Waals surface area contributed by atoms with E-state index in [1.807, 2.05) is 43.3 Å². The summed E-state index contributed by atoms with van der Waals surface area (Å²) in [7, 11) is 1.70. The molecular formula is C23H28N4O2. The van der Waals surface area contributed by atoms with Crippen molar-refractivity contribution in [2.24, 2.45) is 0 Å². The Kier molecular flexibility index (Phi) is 5.64. The summed E-state index contributed by atoms with van der Waals surface area (Å²) in [6, 6.07) is 16.5. The summed E-state index contributed by atoms with van der Waals surface area (Å²) < 4.78 is 1.78. The highest BCUT2D eigenvalue weighted by Crippen LogP contribution is 2.31. The van der Waals surface area contributed by atoms with E-state index in [-0.39, 0.29) is 17.2 Å². The Morgan fingerprint density at radius 3 is 2.34 bits per heavy atom. The summed E-state index contributed by atoms with van der Waals surface area (Å²) in [5.74, 6) is 0.822. The second-order valence-corrected chi connectivity index (χ2v) is 8.23. The number of phenolic OH excluding ortho intramolecular Hbond substituents is 1. The average Bonchev–Trinajstić information content (AvgIpc) is 3.01. The number of para-hydroxylation sites is 2. The third-order valence-electron chi connectivity index (χ3n) is 4.80. The number of hydrogen-bond donors (Lipinski definition) is 2. The van der Waals surface area contributed by atoms with Gasteiger partial charge in [-0.3, -0.25) is 5.32 Å². The van der Waals surface area contributed by atoms with Crippen LogP contribution in [0.2, 0.25) is 0 Å². The van der Waals surface area contributed by atoms with Crippen molar-refractivity contribution >= 4 is 11.8 Å². The molecule has 0 unspecified atom stereocenters. The van der Waals surface area contributed by atoms with E-state index in [0.717, 1.165) is 16.9 Å². The Bertz CT molecular complexity index is 1000. The molecule has 152 valence electrons. The normalized spacial score (nSPS) is 11.3.